The van der Waals surface area contributed by atoms with E-state index in [9.17, 15) is 0 Å². The number of furan rings is 1. The number of fused-ring (bicyclic) bond motifs is 6. The molecule has 9 aromatic carbocycles. The normalized spacial score (nSPS) is 12.6. The first-order chi connectivity index (χ1) is 30.7. The molecule has 0 fully saturated rings. The summed E-state index contributed by atoms with van der Waals surface area (Å²) in [5, 5.41) is 2.00. The predicted molar refractivity (Wildman–Crippen MR) is 252 cm³/mol. The lowest BCUT2D eigenvalue weighted by atomic mass is 9.67. The van der Waals surface area contributed by atoms with Gasteiger partial charge in [-0.15, -0.1) is 0 Å². The third-order valence-corrected chi connectivity index (χ3v) is 12.4. The van der Waals surface area contributed by atoms with Gasteiger partial charge in [0.15, 0.2) is 17.5 Å². The van der Waals surface area contributed by atoms with E-state index in [2.05, 4.69) is 188 Å². The minimum atomic E-state index is -0.561. The van der Waals surface area contributed by atoms with Gasteiger partial charge in [0.25, 0.3) is 0 Å². The van der Waals surface area contributed by atoms with Crippen LogP contribution in [0.2, 0.25) is 0 Å². The van der Waals surface area contributed by atoms with Gasteiger partial charge in [-0.1, -0.05) is 206 Å². The van der Waals surface area contributed by atoms with Crippen molar-refractivity contribution in [3.8, 4) is 67.5 Å². The molecule has 0 aliphatic heterocycles. The van der Waals surface area contributed by atoms with Crippen molar-refractivity contribution in [1.82, 2.24) is 15.0 Å². The summed E-state index contributed by atoms with van der Waals surface area (Å²) in [4.78, 5) is 16.2. The first-order valence-electron chi connectivity index (χ1n) is 21.0. The second kappa shape index (κ2) is 14.5. The summed E-state index contributed by atoms with van der Waals surface area (Å²) in [6.45, 7) is 0. The molecule has 62 heavy (non-hydrogen) atoms. The van der Waals surface area contributed by atoms with Gasteiger partial charge in [-0.05, 0) is 73.8 Å². The number of aromatic nitrogens is 3. The van der Waals surface area contributed by atoms with E-state index < -0.39 is 5.41 Å². The molecule has 0 atom stereocenters. The zero-order valence-corrected chi connectivity index (χ0v) is 33.6. The molecule has 4 nitrogen and oxygen atoms in total. The van der Waals surface area contributed by atoms with Gasteiger partial charge in [-0.25, -0.2) is 15.0 Å². The van der Waals surface area contributed by atoms with Gasteiger partial charge in [0.05, 0.1) is 5.41 Å². The van der Waals surface area contributed by atoms with E-state index in [1.165, 1.54) is 33.4 Å². The molecule has 1 aliphatic rings. The number of hydrogen-bond acceptors (Lipinski definition) is 4. The Bertz CT molecular complexity index is 3410. The van der Waals surface area contributed by atoms with Crippen LogP contribution >= 0.6 is 0 Å². The summed E-state index contributed by atoms with van der Waals surface area (Å²) in [6.07, 6.45) is 0. The highest BCUT2D eigenvalue weighted by atomic mass is 16.3. The highest BCUT2D eigenvalue weighted by Crippen LogP contribution is 2.58. The molecule has 0 spiro atoms. The van der Waals surface area contributed by atoms with Gasteiger partial charge in [-0.3, -0.25) is 0 Å². The summed E-state index contributed by atoms with van der Waals surface area (Å²) in [7, 11) is 0. The highest BCUT2D eigenvalue weighted by Gasteiger charge is 2.47. The lowest BCUT2D eigenvalue weighted by molar-refractivity contribution is 0.669. The number of hydrogen-bond donors (Lipinski definition) is 0. The Morgan fingerprint density at radius 3 is 1.56 bits per heavy atom. The van der Waals surface area contributed by atoms with Gasteiger partial charge in [-0.2, -0.15) is 0 Å². The first kappa shape index (κ1) is 35.7. The summed E-state index contributed by atoms with van der Waals surface area (Å²) < 4.78 is 6.38. The van der Waals surface area contributed by atoms with Gasteiger partial charge in [0.1, 0.15) is 11.2 Å². The Hall–Kier alpha value is -8.21. The molecular formula is C58H37N3O. The Kier molecular flexibility index (Phi) is 8.36. The van der Waals surface area contributed by atoms with Crippen LogP contribution in [0.1, 0.15) is 22.3 Å². The molecule has 1 aliphatic carbocycles. The Morgan fingerprint density at radius 2 is 0.806 bits per heavy atom. The molecule has 0 N–H and O–H groups in total. The molecule has 2 heterocycles. The van der Waals surface area contributed by atoms with Crippen LogP contribution < -0.4 is 0 Å². The van der Waals surface area contributed by atoms with Crippen molar-refractivity contribution in [2.24, 2.45) is 0 Å². The molecule has 0 radical (unpaired) electrons. The summed E-state index contributed by atoms with van der Waals surface area (Å²) in [5.41, 5.74) is 15.5. The van der Waals surface area contributed by atoms with Gasteiger partial charge < -0.3 is 4.42 Å². The predicted octanol–water partition coefficient (Wildman–Crippen LogP) is 14.5. The standard InChI is InChI=1S/C58H37N3O/c1-4-17-38(18-5-1)39-33-35-40(36-34-39)41-19-14-20-42(37-41)55-59-56(61-57(60-55)48-28-16-32-52-54(48)46-26-11-13-31-51(46)62-52)47-27-15-30-50-53(47)45-25-10-12-29-49(45)58(50,43-21-6-2-7-22-43)44-23-8-3-9-24-44/h1-37H. The molecule has 0 unspecified atom stereocenters. The van der Waals surface area contributed by atoms with Crippen LogP contribution in [-0.4, -0.2) is 15.0 Å². The van der Waals surface area contributed by atoms with Crippen LogP contribution in [0.5, 0.6) is 0 Å². The minimum Gasteiger partial charge on any atom is -0.456 e. The lowest BCUT2D eigenvalue weighted by Gasteiger charge is -2.33. The van der Waals surface area contributed by atoms with E-state index in [4.69, 9.17) is 19.4 Å². The summed E-state index contributed by atoms with van der Waals surface area (Å²) in [6, 6.07) is 79.2. The highest BCUT2D eigenvalue weighted by molar-refractivity contribution is 6.11. The average molecular weight is 792 g/mol. The van der Waals surface area contributed by atoms with Crippen LogP contribution in [0.15, 0.2) is 229 Å². The van der Waals surface area contributed by atoms with Crippen LogP contribution in [0.3, 0.4) is 0 Å². The van der Waals surface area contributed by atoms with Crippen LogP contribution in [0.25, 0.3) is 89.5 Å². The first-order valence-corrected chi connectivity index (χ1v) is 21.0. The van der Waals surface area contributed by atoms with Crippen molar-refractivity contribution in [3.05, 3.63) is 247 Å². The van der Waals surface area contributed by atoms with Crippen LogP contribution in [-0.2, 0) is 5.41 Å². The fourth-order valence-corrected chi connectivity index (χ4v) is 9.71. The quantitative estimate of drug-likeness (QED) is 0.161. The minimum absolute atomic E-state index is 0.561. The second-order valence-corrected chi connectivity index (χ2v) is 15.9. The number of rotatable bonds is 7. The molecule has 2 aromatic heterocycles. The van der Waals surface area contributed by atoms with Gasteiger partial charge >= 0.3 is 0 Å². The Balaban J connectivity index is 1.09. The second-order valence-electron chi connectivity index (χ2n) is 15.9. The zero-order chi connectivity index (χ0) is 41.0. The smallest absolute Gasteiger partial charge is 0.164 e. The van der Waals surface area contributed by atoms with E-state index in [-0.39, 0.29) is 0 Å². The third-order valence-electron chi connectivity index (χ3n) is 12.4. The van der Waals surface area contributed by atoms with Gasteiger partial charge in [0.2, 0.25) is 0 Å². The largest absolute Gasteiger partial charge is 0.456 e. The van der Waals surface area contributed by atoms with Crippen molar-refractivity contribution in [2.75, 3.05) is 0 Å². The average Bonchev–Trinajstić information content (AvgIpc) is 3.89. The number of para-hydroxylation sites is 1. The van der Waals surface area contributed by atoms with E-state index >= 15 is 0 Å². The summed E-state index contributed by atoms with van der Waals surface area (Å²) in [5.74, 6) is 1.79. The Labute approximate surface area is 359 Å². The van der Waals surface area contributed by atoms with Gasteiger partial charge in [0, 0.05) is 27.5 Å². The summed E-state index contributed by atoms with van der Waals surface area (Å²) >= 11 is 0. The van der Waals surface area contributed by atoms with Crippen LogP contribution in [0.4, 0.5) is 0 Å². The van der Waals surface area contributed by atoms with E-state index in [1.54, 1.807) is 0 Å². The van der Waals surface area contributed by atoms with E-state index in [0.29, 0.717) is 17.5 Å². The third kappa shape index (κ3) is 5.65. The van der Waals surface area contributed by atoms with Crippen molar-refractivity contribution < 1.29 is 4.42 Å². The fraction of sp³-hybridized carbons (Fsp3) is 0.0172. The maximum absolute atomic E-state index is 6.38. The van der Waals surface area contributed by atoms with Crippen molar-refractivity contribution >= 4 is 21.9 Å². The SMILES string of the molecule is c1ccc(-c2ccc(-c3cccc(-c4nc(-c5cccc6c5-c5ccccc5C6(c5ccccc5)c5ccccc5)nc(-c5cccc6oc7ccccc7c56)n4)c3)cc2)cc1. The molecule has 0 saturated heterocycles. The zero-order valence-electron chi connectivity index (χ0n) is 33.6. The molecule has 4 heteroatoms. The van der Waals surface area contributed by atoms with Crippen molar-refractivity contribution in [3.63, 3.8) is 0 Å². The molecule has 12 rings (SSSR count). The molecule has 0 saturated carbocycles. The fourth-order valence-electron chi connectivity index (χ4n) is 9.71. The maximum Gasteiger partial charge on any atom is 0.164 e. The topological polar surface area (TPSA) is 51.8 Å². The molecule has 0 bridgehead atoms. The monoisotopic (exact) mass is 791 g/mol. The van der Waals surface area contributed by atoms with E-state index in [0.717, 1.165) is 60.9 Å². The van der Waals surface area contributed by atoms with E-state index in [1.807, 2.05) is 36.4 Å². The molecule has 0 amide bonds. The molecule has 290 valence electrons. The maximum atomic E-state index is 6.38. The lowest BCUT2D eigenvalue weighted by Crippen LogP contribution is -2.28. The molecule has 11 aromatic rings. The molecular weight excluding hydrogens is 755 g/mol. The van der Waals surface area contributed by atoms with Crippen LogP contribution in [0, 0.1) is 0 Å². The Morgan fingerprint density at radius 1 is 0.323 bits per heavy atom. The number of benzene rings is 9. The van der Waals surface area contributed by atoms with Crippen molar-refractivity contribution in [2.45, 2.75) is 5.41 Å². The van der Waals surface area contributed by atoms with Crippen molar-refractivity contribution in [1.29, 1.82) is 0 Å². The number of nitrogens with zero attached hydrogens (tertiary/aromatic N) is 3.